The van der Waals surface area contributed by atoms with Crippen molar-refractivity contribution in [3.05, 3.63) is 0 Å². The quantitative estimate of drug-likeness (QED) is 0.495. The second-order valence-electron chi connectivity index (χ2n) is 3.88. The molecule has 1 aliphatic heterocycles. The Kier molecular flexibility index (Phi) is 6.39. The van der Waals surface area contributed by atoms with Crippen LogP contribution in [0.2, 0.25) is 0 Å². The maximum atomic E-state index is 9.53. The molecule has 1 saturated heterocycles. The summed E-state index contributed by atoms with van der Waals surface area (Å²) < 4.78 is 10.3. The number of ether oxygens (including phenoxy) is 2. The van der Waals surface area contributed by atoms with Crippen LogP contribution in [0.4, 0.5) is 0 Å². The van der Waals surface area contributed by atoms with Gasteiger partial charge in [-0.2, -0.15) is 0 Å². The second kappa shape index (κ2) is 6.48. The summed E-state index contributed by atoms with van der Waals surface area (Å²) in [6, 6.07) is 0. The fourth-order valence-corrected chi connectivity index (χ4v) is 1.45. The molecule has 4 N–H and O–H groups in total. The Morgan fingerprint density at radius 1 is 1.12 bits per heavy atom. The summed E-state index contributed by atoms with van der Waals surface area (Å²) in [5.74, 6) is 0. The van der Waals surface area contributed by atoms with E-state index < -0.39 is 37.3 Å². The molecule has 16 heavy (non-hydrogen) atoms. The highest BCUT2D eigenvalue weighted by atomic mass is 16.7. The first-order valence-corrected chi connectivity index (χ1v) is 4.93. The average molecular weight is 238 g/mol. The number of hydrogen-bond acceptors (Lipinski definition) is 6. The lowest BCUT2D eigenvalue weighted by molar-refractivity contribution is -0.308. The molecule has 5 atom stereocenters. The van der Waals surface area contributed by atoms with Gasteiger partial charge >= 0.3 is 0 Å². The molecule has 0 aromatic rings. The molecule has 1 fully saturated rings. The molecule has 0 aromatic carbocycles. The van der Waals surface area contributed by atoms with Crippen LogP contribution in [0.3, 0.4) is 0 Å². The van der Waals surface area contributed by atoms with Crippen LogP contribution in [0, 0.1) is 0 Å². The first-order chi connectivity index (χ1) is 6.97. The topological polar surface area (TPSA) is 99.4 Å². The van der Waals surface area contributed by atoms with Crippen LogP contribution in [-0.4, -0.2) is 63.8 Å². The fourth-order valence-electron chi connectivity index (χ4n) is 1.45. The first kappa shape index (κ1) is 15.8. The van der Waals surface area contributed by atoms with Gasteiger partial charge in [0.2, 0.25) is 0 Å². The van der Waals surface area contributed by atoms with Gasteiger partial charge in [-0.15, -0.1) is 0 Å². The van der Waals surface area contributed by atoms with Gasteiger partial charge in [0.05, 0.1) is 12.7 Å². The van der Waals surface area contributed by atoms with Crippen molar-refractivity contribution in [1.82, 2.24) is 0 Å². The van der Waals surface area contributed by atoms with Gasteiger partial charge < -0.3 is 29.9 Å². The summed E-state index contributed by atoms with van der Waals surface area (Å²) >= 11 is 0. The highest BCUT2D eigenvalue weighted by Crippen LogP contribution is 2.22. The van der Waals surface area contributed by atoms with E-state index in [9.17, 15) is 15.3 Å². The lowest BCUT2D eigenvalue weighted by Crippen LogP contribution is -2.59. The molecule has 2 unspecified atom stereocenters. The molecule has 0 bridgehead atoms. The Balaban J connectivity index is 0.00000225. The molecule has 6 heteroatoms. The van der Waals surface area contributed by atoms with Gasteiger partial charge in [0.15, 0.2) is 6.29 Å². The third-order valence-corrected chi connectivity index (χ3v) is 2.25. The Labute approximate surface area is 95.4 Å². The summed E-state index contributed by atoms with van der Waals surface area (Å²) in [4.78, 5) is 0. The monoisotopic (exact) mass is 238 g/mol. The van der Waals surface area contributed by atoms with E-state index in [-0.39, 0.29) is 13.5 Å². The highest BCUT2D eigenvalue weighted by Gasteiger charge is 2.44. The number of aliphatic hydroxyl groups excluding tert-OH is 4. The van der Waals surface area contributed by atoms with Crippen molar-refractivity contribution in [2.75, 3.05) is 6.61 Å². The van der Waals surface area contributed by atoms with Crippen molar-refractivity contribution in [2.45, 2.75) is 58.1 Å². The molecule has 1 rings (SSSR count). The molecule has 0 saturated carbocycles. The zero-order chi connectivity index (χ0) is 11.6. The smallest absolute Gasteiger partial charge is 0.186 e. The molecule has 0 aliphatic carbocycles. The van der Waals surface area contributed by atoms with Crippen LogP contribution in [0.25, 0.3) is 0 Å². The summed E-state index contributed by atoms with van der Waals surface area (Å²) in [5, 5.41) is 37.3. The van der Waals surface area contributed by atoms with Gasteiger partial charge in [-0.1, -0.05) is 7.43 Å². The Bertz CT molecular complexity index is 196. The maximum absolute atomic E-state index is 9.53. The molecule has 6 nitrogen and oxygen atoms in total. The van der Waals surface area contributed by atoms with E-state index >= 15 is 0 Å². The van der Waals surface area contributed by atoms with Crippen molar-refractivity contribution in [2.24, 2.45) is 0 Å². The summed E-state index contributed by atoms with van der Waals surface area (Å²) in [5.41, 5.74) is 0. The van der Waals surface area contributed by atoms with Crippen molar-refractivity contribution < 1.29 is 29.9 Å². The van der Waals surface area contributed by atoms with E-state index in [2.05, 4.69) is 0 Å². The molecule has 1 heterocycles. The van der Waals surface area contributed by atoms with Gasteiger partial charge in [-0.3, -0.25) is 0 Å². The van der Waals surface area contributed by atoms with Gasteiger partial charge in [0, 0.05) is 0 Å². The maximum Gasteiger partial charge on any atom is 0.186 e. The van der Waals surface area contributed by atoms with Crippen LogP contribution in [0.5, 0.6) is 0 Å². The lowest BCUT2D eigenvalue weighted by Gasteiger charge is -2.40. The molecule has 0 radical (unpaired) electrons. The average Bonchev–Trinajstić information content (AvgIpc) is 2.18. The predicted molar refractivity (Wildman–Crippen MR) is 56.7 cm³/mol. The minimum Gasteiger partial charge on any atom is -0.394 e. The summed E-state index contributed by atoms with van der Waals surface area (Å²) in [7, 11) is 0. The number of rotatable bonds is 3. The third-order valence-electron chi connectivity index (χ3n) is 2.25. The van der Waals surface area contributed by atoms with E-state index in [4.69, 9.17) is 14.6 Å². The minimum absolute atomic E-state index is 0. The van der Waals surface area contributed by atoms with Crippen LogP contribution < -0.4 is 0 Å². The van der Waals surface area contributed by atoms with Crippen LogP contribution in [-0.2, 0) is 9.47 Å². The zero-order valence-corrected chi connectivity index (χ0v) is 8.78. The molecule has 98 valence electrons. The van der Waals surface area contributed by atoms with E-state index in [1.54, 1.807) is 13.8 Å². The lowest BCUT2D eigenvalue weighted by atomic mass is 9.99. The SMILES string of the molecule is C.CC(C)O[C@H]1OC(CO)[C@@H](O)[C@H](O)C1O. The molecular formula is C10H22O6. The first-order valence-electron chi connectivity index (χ1n) is 4.93. The molecule has 0 amide bonds. The fraction of sp³-hybridized carbons (Fsp3) is 1.00. The Morgan fingerprint density at radius 3 is 2.12 bits per heavy atom. The molecule has 0 aromatic heterocycles. The van der Waals surface area contributed by atoms with Crippen molar-refractivity contribution >= 4 is 0 Å². The Morgan fingerprint density at radius 2 is 1.69 bits per heavy atom. The number of hydrogen-bond donors (Lipinski definition) is 4. The van der Waals surface area contributed by atoms with Crippen LogP contribution in [0.15, 0.2) is 0 Å². The highest BCUT2D eigenvalue weighted by molar-refractivity contribution is 4.88. The summed E-state index contributed by atoms with van der Waals surface area (Å²) in [6.07, 6.45) is -6.15. The van der Waals surface area contributed by atoms with E-state index in [1.165, 1.54) is 0 Å². The molecule has 0 spiro atoms. The molecule has 1 aliphatic rings. The van der Waals surface area contributed by atoms with Crippen LogP contribution in [0.1, 0.15) is 21.3 Å². The van der Waals surface area contributed by atoms with E-state index in [0.717, 1.165) is 0 Å². The third kappa shape index (κ3) is 3.38. The summed E-state index contributed by atoms with van der Waals surface area (Å²) in [6.45, 7) is 3.06. The van der Waals surface area contributed by atoms with Crippen molar-refractivity contribution in [3.63, 3.8) is 0 Å². The second-order valence-corrected chi connectivity index (χ2v) is 3.88. The predicted octanol–water partition coefficient (Wildman–Crippen LogP) is -1.15. The minimum atomic E-state index is -1.38. The van der Waals surface area contributed by atoms with Gasteiger partial charge in [-0.05, 0) is 13.8 Å². The van der Waals surface area contributed by atoms with Crippen molar-refractivity contribution in [1.29, 1.82) is 0 Å². The normalized spacial score (nSPS) is 39.6. The van der Waals surface area contributed by atoms with Gasteiger partial charge in [-0.25, -0.2) is 0 Å². The number of aliphatic hydroxyl groups is 4. The van der Waals surface area contributed by atoms with E-state index in [0.29, 0.717) is 0 Å². The van der Waals surface area contributed by atoms with Gasteiger partial charge in [0.25, 0.3) is 0 Å². The van der Waals surface area contributed by atoms with Crippen LogP contribution >= 0.6 is 0 Å². The van der Waals surface area contributed by atoms with E-state index in [1.807, 2.05) is 0 Å². The van der Waals surface area contributed by atoms with Gasteiger partial charge in [0.1, 0.15) is 24.4 Å². The molecular weight excluding hydrogens is 216 g/mol. The largest absolute Gasteiger partial charge is 0.394 e. The zero-order valence-electron chi connectivity index (χ0n) is 8.78. The van der Waals surface area contributed by atoms with Crippen molar-refractivity contribution in [3.8, 4) is 0 Å². The standard InChI is InChI=1S/C9H18O6.CH4/c1-4(2)14-9-8(13)7(12)6(11)5(3-10)15-9;/h4-13H,3H2,1-2H3;1H4/t5?,6-,7+,8?,9+;/m1./s1. The Hall–Kier alpha value is -0.240.